The lowest BCUT2D eigenvalue weighted by molar-refractivity contribution is -0.144. The Labute approximate surface area is 107 Å². The van der Waals surface area contributed by atoms with E-state index < -0.39 is 0 Å². The minimum absolute atomic E-state index is 0.0557. The standard InChI is InChI=1S/C14H20FNO2/c1-3-12(10-18-14(17)4-2)16-9-11-7-5-6-8-13(11)15/h5-8,12,16H,3-4,9-10H2,1-2H3. The topological polar surface area (TPSA) is 38.3 Å². The first-order chi connectivity index (χ1) is 8.67. The number of hydrogen-bond donors (Lipinski definition) is 1. The van der Waals surface area contributed by atoms with E-state index in [0.717, 1.165) is 6.42 Å². The van der Waals surface area contributed by atoms with Gasteiger partial charge in [0.25, 0.3) is 0 Å². The maximum absolute atomic E-state index is 13.4. The third-order valence-corrected chi connectivity index (χ3v) is 2.77. The van der Waals surface area contributed by atoms with E-state index in [1.165, 1.54) is 6.07 Å². The molecule has 1 rings (SSSR count). The first-order valence-electron chi connectivity index (χ1n) is 6.29. The van der Waals surface area contributed by atoms with Gasteiger partial charge in [-0.2, -0.15) is 0 Å². The second kappa shape index (κ2) is 7.82. The summed E-state index contributed by atoms with van der Waals surface area (Å²) in [6, 6.07) is 6.71. The van der Waals surface area contributed by atoms with Crippen molar-refractivity contribution in [1.82, 2.24) is 5.32 Å². The Kier molecular flexibility index (Phi) is 6.36. The Morgan fingerprint density at radius 1 is 1.39 bits per heavy atom. The summed E-state index contributed by atoms with van der Waals surface area (Å²) in [7, 11) is 0. The number of carbonyl (C=O) groups excluding carboxylic acids is 1. The molecule has 0 aliphatic carbocycles. The molecule has 1 N–H and O–H groups in total. The van der Waals surface area contributed by atoms with Crippen LogP contribution in [0, 0.1) is 5.82 Å². The van der Waals surface area contributed by atoms with Crippen LogP contribution in [-0.2, 0) is 16.1 Å². The molecular formula is C14H20FNO2. The average molecular weight is 253 g/mol. The van der Waals surface area contributed by atoms with Gasteiger partial charge in [-0.1, -0.05) is 32.0 Å². The molecule has 0 saturated carbocycles. The number of ether oxygens (including phenoxy) is 1. The Morgan fingerprint density at radius 2 is 2.11 bits per heavy atom. The van der Waals surface area contributed by atoms with Crippen LogP contribution < -0.4 is 5.32 Å². The molecule has 0 heterocycles. The predicted molar refractivity (Wildman–Crippen MR) is 68.6 cm³/mol. The zero-order chi connectivity index (χ0) is 13.4. The Bertz CT molecular complexity index is 382. The van der Waals surface area contributed by atoms with Crippen LogP contribution in [0.3, 0.4) is 0 Å². The second-order valence-corrected chi connectivity index (χ2v) is 4.11. The van der Waals surface area contributed by atoms with Gasteiger partial charge in [0.1, 0.15) is 12.4 Å². The number of carbonyl (C=O) groups is 1. The highest BCUT2D eigenvalue weighted by Gasteiger charge is 2.09. The fraction of sp³-hybridized carbons (Fsp3) is 0.500. The smallest absolute Gasteiger partial charge is 0.305 e. The summed E-state index contributed by atoms with van der Waals surface area (Å²) in [5.41, 5.74) is 0.623. The van der Waals surface area contributed by atoms with Crippen molar-refractivity contribution in [1.29, 1.82) is 0 Å². The molecule has 1 unspecified atom stereocenters. The third-order valence-electron chi connectivity index (χ3n) is 2.77. The summed E-state index contributed by atoms with van der Waals surface area (Å²) < 4.78 is 18.5. The van der Waals surface area contributed by atoms with Gasteiger partial charge in [0.05, 0.1) is 0 Å². The van der Waals surface area contributed by atoms with Gasteiger partial charge in [-0.25, -0.2) is 4.39 Å². The SMILES string of the molecule is CCC(=O)OCC(CC)NCc1ccccc1F. The first kappa shape index (κ1) is 14.6. The highest BCUT2D eigenvalue weighted by atomic mass is 19.1. The van der Waals surface area contributed by atoms with Crippen LogP contribution in [0.4, 0.5) is 4.39 Å². The first-order valence-corrected chi connectivity index (χ1v) is 6.29. The summed E-state index contributed by atoms with van der Waals surface area (Å²) in [4.78, 5) is 11.1. The quantitative estimate of drug-likeness (QED) is 0.759. The fourth-order valence-corrected chi connectivity index (χ4v) is 1.51. The van der Waals surface area contributed by atoms with Crippen LogP contribution in [0.25, 0.3) is 0 Å². The molecule has 0 saturated heterocycles. The van der Waals surface area contributed by atoms with Gasteiger partial charge in [0.2, 0.25) is 0 Å². The highest BCUT2D eigenvalue weighted by molar-refractivity contribution is 5.68. The van der Waals surface area contributed by atoms with Crippen molar-refractivity contribution in [2.45, 2.75) is 39.3 Å². The zero-order valence-electron chi connectivity index (χ0n) is 10.9. The van der Waals surface area contributed by atoms with Crippen molar-refractivity contribution >= 4 is 5.97 Å². The largest absolute Gasteiger partial charge is 0.464 e. The van der Waals surface area contributed by atoms with Crippen molar-refractivity contribution < 1.29 is 13.9 Å². The van der Waals surface area contributed by atoms with Crippen LogP contribution in [-0.4, -0.2) is 18.6 Å². The second-order valence-electron chi connectivity index (χ2n) is 4.11. The molecule has 1 aromatic rings. The molecule has 0 bridgehead atoms. The van der Waals surface area contributed by atoms with Crippen molar-refractivity contribution in [2.75, 3.05) is 6.61 Å². The van der Waals surface area contributed by atoms with E-state index in [-0.39, 0.29) is 17.8 Å². The lowest BCUT2D eigenvalue weighted by Crippen LogP contribution is -2.33. The van der Waals surface area contributed by atoms with Gasteiger partial charge < -0.3 is 10.1 Å². The van der Waals surface area contributed by atoms with Crippen molar-refractivity contribution in [3.05, 3.63) is 35.6 Å². The highest BCUT2D eigenvalue weighted by Crippen LogP contribution is 2.06. The van der Waals surface area contributed by atoms with Gasteiger partial charge in [-0.15, -0.1) is 0 Å². The van der Waals surface area contributed by atoms with Crippen LogP contribution in [0.2, 0.25) is 0 Å². The number of rotatable bonds is 7. The maximum Gasteiger partial charge on any atom is 0.305 e. The number of hydrogen-bond acceptors (Lipinski definition) is 3. The summed E-state index contributed by atoms with van der Waals surface area (Å²) in [5.74, 6) is -0.424. The number of halogens is 1. The van der Waals surface area contributed by atoms with Gasteiger partial charge in [0, 0.05) is 24.6 Å². The van der Waals surface area contributed by atoms with Gasteiger partial charge in [-0.3, -0.25) is 4.79 Å². The fourth-order valence-electron chi connectivity index (χ4n) is 1.51. The van der Waals surface area contributed by atoms with Crippen LogP contribution in [0.5, 0.6) is 0 Å². The van der Waals surface area contributed by atoms with Crippen molar-refractivity contribution in [3.63, 3.8) is 0 Å². The lowest BCUT2D eigenvalue weighted by Gasteiger charge is -2.17. The summed E-state index contributed by atoms with van der Waals surface area (Å²) in [5, 5.41) is 3.19. The van der Waals surface area contributed by atoms with E-state index in [1.807, 2.05) is 6.92 Å². The van der Waals surface area contributed by atoms with Crippen molar-refractivity contribution in [3.8, 4) is 0 Å². The predicted octanol–water partition coefficient (Wildman–Crippen LogP) is 2.65. The molecule has 0 spiro atoms. The molecule has 0 aromatic heterocycles. The van der Waals surface area contributed by atoms with Gasteiger partial charge >= 0.3 is 5.97 Å². The molecule has 100 valence electrons. The third kappa shape index (κ3) is 4.84. The Morgan fingerprint density at radius 3 is 2.72 bits per heavy atom. The minimum Gasteiger partial charge on any atom is -0.464 e. The molecule has 0 fully saturated rings. The maximum atomic E-state index is 13.4. The summed E-state index contributed by atoms with van der Waals surface area (Å²) >= 11 is 0. The molecule has 18 heavy (non-hydrogen) atoms. The summed E-state index contributed by atoms with van der Waals surface area (Å²) in [6.45, 7) is 4.53. The van der Waals surface area contributed by atoms with Crippen molar-refractivity contribution in [2.24, 2.45) is 0 Å². The van der Waals surface area contributed by atoms with Crippen LogP contribution >= 0.6 is 0 Å². The molecule has 1 atom stereocenters. The van der Waals surface area contributed by atoms with E-state index in [2.05, 4.69) is 5.32 Å². The molecule has 4 heteroatoms. The number of esters is 1. The number of nitrogens with one attached hydrogen (secondary N) is 1. The normalized spacial score (nSPS) is 12.2. The zero-order valence-corrected chi connectivity index (χ0v) is 10.9. The Hall–Kier alpha value is -1.42. The van der Waals surface area contributed by atoms with E-state index in [9.17, 15) is 9.18 Å². The number of benzene rings is 1. The van der Waals surface area contributed by atoms with Crippen LogP contribution in [0.1, 0.15) is 32.3 Å². The van der Waals surface area contributed by atoms with E-state index >= 15 is 0 Å². The Balaban J connectivity index is 2.40. The molecule has 1 aromatic carbocycles. The van der Waals surface area contributed by atoms with Gasteiger partial charge in [0.15, 0.2) is 0 Å². The molecule has 0 aliphatic rings. The van der Waals surface area contributed by atoms with Crippen LogP contribution in [0.15, 0.2) is 24.3 Å². The molecule has 0 aliphatic heterocycles. The van der Waals surface area contributed by atoms with Gasteiger partial charge in [-0.05, 0) is 12.5 Å². The van der Waals surface area contributed by atoms with E-state index in [0.29, 0.717) is 25.1 Å². The molecule has 0 amide bonds. The summed E-state index contributed by atoms with van der Waals surface area (Å²) in [6.07, 6.45) is 1.20. The minimum atomic E-state index is -0.217. The van der Waals surface area contributed by atoms with E-state index in [4.69, 9.17) is 4.74 Å². The molecular weight excluding hydrogens is 233 g/mol. The molecule has 3 nitrogen and oxygen atoms in total. The average Bonchev–Trinajstić information content (AvgIpc) is 2.40. The van der Waals surface area contributed by atoms with E-state index in [1.54, 1.807) is 25.1 Å². The molecule has 0 radical (unpaired) electrons. The lowest BCUT2D eigenvalue weighted by atomic mass is 10.2. The monoisotopic (exact) mass is 253 g/mol.